The van der Waals surface area contributed by atoms with Gasteiger partial charge in [-0.05, 0) is 50.8 Å². The van der Waals surface area contributed by atoms with Gasteiger partial charge in [0.1, 0.15) is 10.6 Å². The Hall–Kier alpha value is -1.90. The minimum atomic E-state index is -3.65. The van der Waals surface area contributed by atoms with E-state index in [0.29, 0.717) is 55.4 Å². The fraction of sp³-hybridized carbons (Fsp3) is 0.474. The van der Waals surface area contributed by atoms with Gasteiger partial charge in [-0.2, -0.15) is 4.31 Å². The fourth-order valence-corrected chi connectivity index (χ4v) is 5.47. The predicted octanol–water partition coefficient (Wildman–Crippen LogP) is 2.70. The Kier molecular flexibility index (Phi) is 6.42. The Morgan fingerprint density at radius 2 is 2.04 bits per heavy atom. The molecule has 1 aliphatic rings. The minimum Gasteiger partial charge on any atom is -0.360 e. The molecule has 0 unspecified atom stereocenters. The maximum atomic E-state index is 12.8. The molecule has 0 radical (unpaired) electrons. The van der Waals surface area contributed by atoms with Gasteiger partial charge in [-0.3, -0.25) is 4.79 Å². The third-order valence-corrected chi connectivity index (χ3v) is 7.37. The van der Waals surface area contributed by atoms with E-state index in [1.807, 2.05) is 24.3 Å². The largest absolute Gasteiger partial charge is 0.360 e. The number of carbonyl (C=O) groups is 1. The number of hydrogen-bond acceptors (Lipinski definition) is 5. The van der Waals surface area contributed by atoms with Crippen LogP contribution < -0.4 is 5.32 Å². The number of nitrogens with zero attached hydrogens (tertiary/aromatic N) is 2. The summed E-state index contributed by atoms with van der Waals surface area (Å²) in [6.45, 7) is 4.34. The van der Waals surface area contributed by atoms with Crippen LogP contribution in [0.3, 0.4) is 0 Å². The Bertz CT molecular complexity index is 930. The number of hydrogen-bond donors (Lipinski definition) is 1. The monoisotopic (exact) mass is 425 g/mol. The predicted molar refractivity (Wildman–Crippen MR) is 106 cm³/mol. The lowest BCUT2D eigenvalue weighted by Crippen LogP contribution is -2.43. The number of benzene rings is 1. The highest BCUT2D eigenvalue weighted by atomic mass is 35.5. The quantitative estimate of drug-likeness (QED) is 0.768. The van der Waals surface area contributed by atoms with Crippen LogP contribution in [0.5, 0.6) is 0 Å². The van der Waals surface area contributed by atoms with Crippen molar-refractivity contribution in [3.05, 3.63) is 46.3 Å². The van der Waals surface area contributed by atoms with Crippen molar-refractivity contribution in [1.29, 1.82) is 0 Å². The number of aromatic nitrogens is 1. The van der Waals surface area contributed by atoms with Crippen LogP contribution in [0.1, 0.15) is 29.9 Å². The van der Waals surface area contributed by atoms with Gasteiger partial charge >= 0.3 is 0 Å². The summed E-state index contributed by atoms with van der Waals surface area (Å²) < 4.78 is 32.1. The fourth-order valence-electron chi connectivity index (χ4n) is 3.50. The second kappa shape index (κ2) is 8.63. The molecule has 2 aromatic rings. The van der Waals surface area contributed by atoms with Gasteiger partial charge in [-0.25, -0.2) is 8.42 Å². The van der Waals surface area contributed by atoms with Crippen molar-refractivity contribution in [1.82, 2.24) is 14.8 Å². The molecule has 1 N–H and O–H groups in total. The lowest BCUT2D eigenvalue weighted by molar-refractivity contribution is -0.126. The van der Waals surface area contributed by atoms with Crippen molar-refractivity contribution in [2.75, 3.05) is 19.6 Å². The third kappa shape index (κ3) is 4.56. The van der Waals surface area contributed by atoms with E-state index < -0.39 is 10.0 Å². The molecule has 7 nitrogen and oxygen atoms in total. The first kappa shape index (κ1) is 20.8. The molecule has 1 amide bonds. The molecule has 1 aromatic heterocycles. The maximum Gasteiger partial charge on any atom is 0.248 e. The molecule has 0 saturated carbocycles. The van der Waals surface area contributed by atoms with Crippen molar-refractivity contribution >= 4 is 27.5 Å². The van der Waals surface area contributed by atoms with E-state index >= 15 is 0 Å². The second-order valence-electron chi connectivity index (χ2n) is 7.00. The van der Waals surface area contributed by atoms with Gasteiger partial charge in [0, 0.05) is 30.6 Å². The number of aryl methyl sites for hydroxylation is 2. The number of nitrogens with one attached hydrogen (secondary N) is 1. The molecule has 28 heavy (non-hydrogen) atoms. The van der Waals surface area contributed by atoms with Crippen LogP contribution in [-0.2, 0) is 21.2 Å². The second-order valence-corrected chi connectivity index (χ2v) is 9.31. The highest BCUT2D eigenvalue weighted by Gasteiger charge is 2.35. The molecule has 1 saturated heterocycles. The molecular formula is C19H24ClN3O4S. The maximum absolute atomic E-state index is 12.8. The first-order valence-corrected chi connectivity index (χ1v) is 11.1. The molecule has 3 rings (SSSR count). The van der Waals surface area contributed by atoms with Gasteiger partial charge < -0.3 is 9.84 Å². The van der Waals surface area contributed by atoms with Crippen LogP contribution in [0.2, 0.25) is 5.02 Å². The zero-order valence-electron chi connectivity index (χ0n) is 15.9. The summed E-state index contributed by atoms with van der Waals surface area (Å²) in [6.07, 6.45) is 1.68. The first-order chi connectivity index (χ1) is 13.3. The summed E-state index contributed by atoms with van der Waals surface area (Å²) in [5.74, 6) is 0.0743. The summed E-state index contributed by atoms with van der Waals surface area (Å²) in [7, 11) is -3.65. The molecule has 1 fully saturated rings. The molecule has 0 spiro atoms. The standard InChI is InChI=1S/C19H24ClN3O4S/c1-13-18(14(2)27-22-13)28(25,26)23-10-7-16(8-11-23)19(24)21-9-6-15-4-3-5-17(20)12-15/h3-5,12,16H,6-11H2,1-2H3,(H,21,24). The zero-order chi connectivity index (χ0) is 20.3. The molecule has 9 heteroatoms. The lowest BCUT2D eigenvalue weighted by atomic mass is 9.97. The molecule has 2 heterocycles. The van der Waals surface area contributed by atoms with Crippen molar-refractivity contribution < 1.29 is 17.7 Å². The highest BCUT2D eigenvalue weighted by Crippen LogP contribution is 2.27. The van der Waals surface area contributed by atoms with Crippen molar-refractivity contribution in [3.8, 4) is 0 Å². The summed E-state index contributed by atoms with van der Waals surface area (Å²) in [5, 5.41) is 7.35. The average molecular weight is 426 g/mol. The number of rotatable bonds is 6. The van der Waals surface area contributed by atoms with Crippen LogP contribution in [0.15, 0.2) is 33.7 Å². The van der Waals surface area contributed by atoms with Gasteiger partial charge in [0.2, 0.25) is 15.9 Å². The topological polar surface area (TPSA) is 92.5 Å². The molecular weight excluding hydrogens is 402 g/mol. The number of carbonyl (C=O) groups excluding carboxylic acids is 1. The molecule has 0 bridgehead atoms. The zero-order valence-corrected chi connectivity index (χ0v) is 17.5. The number of piperidine rings is 1. The normalized spacial score (nSPS) is 16.2. The van der Waals surface area contributed by atoms with Crippen LogP contribution in [-0.4, -0.2) is 43.4 Å². The molecule has 0 atom stereocenters. The summed E-state index contributed by atoms with van der Waals surface area (Å²) in [6, 6.07) is 7.55. The number of halogens is 1. The van der Waals surface area contributed by atoms with E-state index in [1.54, 1.807) is 13.8 Å². The Morgan fingerprint density at radius 3 is 2.64 bits per heavy atom. The summed E-state index contributed by atoms with van der Waals surface area (Å²) >= 11 is 5.96. The van der Waals surface area contributed by atoms with Crippen molar-refractivity contribution in [2.45, 2.75) is 38.0 Å². The smallest absolute Gasteiger partial charge is 0.248 e. The summed E-state index contributed by atoms with van der Waals surface area (Å²) in [5.41, 5.74) is 1.42. The third-order valence-electron chi connectivity index (χ3n) is 4.99. The van der Waals surface area contributed by atoms with E-state index in [9.17, 15) is 13.2 Å². The Morgan fingerprint density at radius 1 is 1.32 bits per heavy atom. The van der Waals surface area contributed by atoms with E-state index in [1.165, 1.54) is 4.31 Å². The molecule has 1 aliphatic heterocycles. The summed E-state index contributed by atoms with van der Waals surface area (Å²) in [4.78, 5) is 12.6. The number of amides is 1. The van der Waals surface area contributed by atoms with Crippen LogP contribution in [0.4, 0.5) is 0 Å². The SMILES string of the molecule is Cc1noc(C)c1S(=O)(=O)N1CCC(C(=O)NCCc2cccc(Cl)c2)CC1. The van der Waals surface area contributed by atoms with E-state index in [2.05, 4.69) is 10.5 Å². The Labute approximate surface area is 170 Å². The van der Waals surface area contributed by atoms with Crippen molar-refractivity contribution in [2.24, 2.45) is 5.92 Å². The first-order valence-electron chi connectivity index (χ1n) is 9.24. The van der Waals surface area contributed by atoms with Gasteiger partial charge in [0.15, 0.2) is 5.76 Å². The number of sulfonamides is 1. The minimum absolute atomic E-state index is 0.0311. The van der Waals surface area contributed by atoms with Crippen LogP contribution in [0, 0.1) is 19.8 Å². The van der Waals surface area contributed by atoms with Gasteiger partial charge in [-0.1, -0.05) is 28.9 Å². The van der Waals surface area contributed by atoms with Crippen LogP contribution >= 0.6 is 11.6 Å². The van der Waals surface area contributed by atoms with E-state index in [4.69, 9.17) is 16.1 Å². The van der Waals surface area contributed by atoms with E-state index in [0.717, 1.165) is 5.56 Å². The van der Waals surface area contributed by atoms with Gasteiger partial charge in [0.05, 0.1) is 0 Å². The lowest BCUT2D eigenvalue weighted by Gasteiger charge is -2.30. The molecule has 0 aliphatic carbocycles. The van der Waals surface area contributed by atoms with Crippen molar-refractivity contribution in [3.63, 3.8) is 0 Å². The van der Waals surface area contributed by atoms with E-state index in [-0.39, 0.29) is 16.7 Å². The molecule has 152 valence electrons. The van der Waals surface area contributed by atoms with Crippen LogP contribution in [0.25, 0.3) is 0 Å². The Balaban J connectivity index is 1.51. The van der Waals surface area contributed by atoms with Gasteiger partial charge in [0.25, 0.3) is 0 Å². The van der Waals surface area contributed by atoms with Gasteiger partial charge in [-0.15, -0.1) is 0 Å². The highest BCUT2D eigenvalue weighted by molar-refractivity contribution is 7.89. The molecule has 1 aromatic carbocycles. The average Bonchev–Trinajstić information content (AvgIpc) is 3.01.